The van der Waals surface area contributed by atoms with Crippen molar-refractivity contribution in [1.29, 1.82) is 0 Å². The molecular weight excluding hydrogens is 421 g/mol. The Hall–Kier alpha value is -3.36. The highest BCUT2D eigenvalue weighted by Crippen LogP contribution is 2.53. The summed E-state index contributed by atoms with van der Waals surface area (Å²) in [6.45, 7) is 1.30. The van der Waals surface area contributed by atoms with E-state index in [2.05, 4.69) is 10.3 Å². The molecule has 6 nitrogen and oxygen atoms in total. The summed E-state index contributed by atoms with van der Waals surface area (Å²) >= 11 is 0. The van der Waals surface area contributed by atoms with Crippen LogP contribution in [0.5, 0.6) is 0 Å². The van der Waals surface area contributed by atoms with Crippen LogP contribution in [0.3, 0.4) is 0 Å². The molecule has 32 heavy (non-hydrogen) atoms. The quantitative estimate of drug-likeness (QED) is 0.658. The van der Waals surface area contributed by atoms with Gasteiger partial charge in [-0.25, -0.2) is 4.98 Å². The zero-order valence-electron chi connectivity index (χ0n) is 17.1. The van der Waals surface area contributed by atoms with E-state index in [1.807, 2.05) is 24.4 Å². The summed E-state index contributed by atoms with van der Waals surface area (Å²) in [4.78, 5) is 31.1. The van der Waals surface area contributed by atoms with Crippen molar-refractivity contribution in [3.05, 3.63) is 66.1 Å². The van der Waals surface area contributed by atoms with Gasteiger partial charge >= 0.3 is 6.18 Å². The standard InChI is InChI=1S/C23H21F3N4O2/c24-23(25,26)16-4-3-5-17(9-16)28-20(31)8-15-10-22(11-15)13-29(14-22)21(32)18-12-27-19-6-1-2-7-30(18)19/h1-7,9,12,15H,8,10-11,13-14H2,(H,28,31). The van der Waals surface area contributed by atoms with Crippen molar-refractivity contribution < 1.29 is 22.8 Å². The third-order valence-corrected chi connectivity index (χ3v) is 6.37. The number of benzene rings is 1. The van der Waals surface area contributed by atoms with E-state index in [-0.39, 0.29) is 35.3 Å². The first-order valence-corrected chi connectivity index (χ1v) is 10.4. The molecule has 166 valence electrons. The number of halogens is 3. The minimum absolute atomic E-state index is 0.0529. The van der Waals surface area contributed by atoms with Gasteiger partial charge in [0.2, 0.25) is 5.91 Å². The first-order valence-electron chi connectivity index (χ1n) is 10.4. The van der Waals surface area contributed by atoms with E-state index in [0.717, 1.165) is 30.6 Å². The highest BCUT2D eigenvalue weighted by Gasteiger charge is 2.54. The van der Waals surface area contributed by atoms with Crippen LogP contribution in [0.1, 0.15) is 35.3 Å². The van der Waals surface area contributed by atoms with Crippen molar-refractivity contribution in [3.63, 3.8) is 0 Å². The fraction of sp³-hybridized carbons (Fsp3) is 0.348. The molecule has 5 rings (SSSR count). The Balaban J connectivity index is 1.12. The van der Waals surface area contributed by atoms with Crippen molar-refractivity contribution in [2.45, 2.75) is 25.4 Å². The molecule has 1 spiro atoms. The molecule has 2 aliphatic rings. The number of nitrogens with zero attached hydrogens (tertiary/aromatic N) is 3. The van der Waals surface area contributed by atoms with E-state index in [9.17, 15) is 22.8 Å². The molecule has 1 saturated heterocycles. The fourth-order valence-electron chi connectivity index (χ4n) is 4.97. The normalized spacial score (nSPS) is 17.8. The monoisotopic (exact) mass is 442 g/mol. The summed E-state index contributed by atoms with van der Waals surface area (Å²) < 4.78 is 40.2. The lowest BCUT2D eigenvalue weighted by Gasteiger charge is -2.59. The molecule has 1 aliphatic heterocycles. The number of nitrogens with one attached hydrogen (secondary N) is 1. The van der Waals surface area contributed by atoms with Crippen LogP contribution in [0.4, 0.5) is 18.9 Å². The van der Waals surface area contributed by atoms with Crippen LogP contribution in [0.25, 0.3) is 5.65 Å². The van der Waals surface area contributed by atoms with E-state index in [4.69, 9.17) is 0 Å². The number of hydrogen-bond acceptors (Lipinski definition) is 3. The van der Waals surface area contributed by atoms with Crippen molar-refractivity contribution in [2.75, 3.05) is 18.4 Å². The largest absolute Gasteiger partial charge is 0.416 e. The number of aromatic nitrogens is 2. The summed E-state index contributed by atoms with van der Waals surface area (Å²) in [5.74, 6) is -0.170. The predicted octanol–water partition coefficient (Wildman–Crippen LogP) is 4.23. The molecule has 2 fully saturated rings. The van der Waals surface area contributed by atoms with Crippen LogP contribution < -0.4 is 5.32 Å². The lowest BCUT2D eigenvalue weighted by atomic mass is 9.57. The number of amides is 2. The van der Waals surface area contributed by atoms with Gasteiger partial charge in [0.25, 0.3) is 5.91 Å². The van der Waals surface area contributed by atoms with Gasteiger partial charge in [-0.05, 0) is 49.1 Å². The number of carbonyl (C=O) groups is 2. The Morgan fingerprint density at radius 3 is 2.66 bits per heavy atom. The van der Waals surface area contributed by atoms with Gasteiger partial charge in [-0.15, -0.1) is 0 Å². The summed E-state index contributed by atoms with van der Waals surface area (Å²) in [6.07, 6.45) is 0.884. The van der Waals surface area contributed by atoms with Crippen LogP contribution in [0, 0.1) is 11.3 Å². The second kappa shape index (κ2) is 7.36. The third kappa shape index (κ3) is 3.72. The minimum Gasteiger partial charge on any atom is -0.336 e. The minimum atomic E-state index is -4.45. The van der Waals surface area contributed by atoms with Crippen LogP contribution in [0.15, 0.2) is 54.9 Å². The van der Waals surface area contributed by atoms with Gasteiger partial charge in [0.15, 0.2) is 0 Å². The lowest BCUT2D eigenvalue weighted by Crippen LogP contribution is -2.64. The maximum atomic E-state index is 12.8. The van der Waals surface area contributed by atoms with E-state index < -0.39 is 11.7 Å². The van der Waals surface area contributed by atoms with E-state index in [1.54, 1.807) is 15.5 Å². The summed E-state index contributed by atoms with van der Waals surface area (Å²) in [5.41, 5.74) is 0.667. The number of likely N-dealkylation sites (tertiary alicyclic amines) is 1. The highest BCUT2D eigenvalue weighted by molar-refractivity contribution is 5.94. The van der Waals surface area contributed by atoms with Gasteiger partial charge < -0.3 is 10.2 Å². The molecule has 1 saturated carbocycles. The van der Waals surface area contributed by atoms with Crippen LogP contribution in [-0.2, 0) is 11.0 Å². The molecule has 3 heterocycles. The van der Waals surface area contributed by atoms with Gasteiger partial charge in [0, 0.05) is 36.8 Å². The van der Waals surface area contributed by atoms with E-state index >= 15 is 0 Å². The second-order valence-electron chi connectivity index (χ2n) is 8.84. The highest BCUT2D eigenvalue weighted by atomic mass is 19.4. The summed E-state index contributed by atoms with van der Waals surface area (Å²) in [6, 6.07) is 10.2. The van der Waals surface area contributed by atoms with Gasteiger partial charge in [0.1, 0.15) is 11.3 Å². The number of fused-ring (bicyclic) bond motifs is 1. The molecule has 3 aromatic rings. The first-order chi connectivity index (χ1) is 15.2. The van der Waals surface area contributed by atoms with Crippen LogP contribution in [0.2, 0.25) is 0 Å². The molecule has 1 aliphatic carbocycles. The van der Waals surface area contributed by atoms with Gasteiger partial charge in [-0.2, -0.15) is 13.2 Å². The smallest absolute Gasteiger partial charge is 0.336 e. The second-order valence-corrected chi connectivity index (χ2v) is 8.84. The number of alkyl halides is 3. The Bertz CT molecular complexity index is 1190. The third-order valence-electron chi connectivity index (χ3n) is 6.37. The average Bonchev–Trinajstić information content (AvgIpc) is 3.12. The topological polar surface area (TPSA) is 66.7 Å². The Morgan fingerprint density at radius 2 is 1.91 bits per heavy atom. The molecule has 0 atom stereocenters. The predicted molar refractivity (Wildman–Crippen MR) is 111 cm³/mol. The zero-order chi connectivity index (χ0) is 22.5. The van der Waals surface area contributed by atoms with Crippen molar-refractivity contribution in [3.8, 4) is 0 Å². The maximum absolute atomic E-state index is 12.8. The molecule has 9 heteroatoms. The molecule has 1 aromatic carbocycles. The number of hydrogen-bond donors (Lipinski definition) is 1. The Labute approximate surface area is 182 Å². The number of anilines is 1. The molecule has 0 bridgehead atoms. The summed E-state index contributed by atoms with van der Waals surface area (Å²) in [7, 11) is 0. The lowest BCUT2D eigenvalue weighted by molar-refractivity contribution is -0.137. The maximum Gasteiger partial charge on any atom is 0.416 e. The first kappa shape index (κ1) is 20.5. The van der Waals surface area contributed by atoms with Crippen molar-refractivity contribution >= 4 is 23.1 Å². The number of rotatable bonds is 4. The Kier molecular flexibility index (Phi) is 4.72. The molecule has 0 radical (unpaired) electrons. The van der Waals surface area contributed by atoms with Crippen molar-refractivity contribution in [1.82, 2.24) is 14.3 Å². The average molecular weight is 442 g/mol. The molecule has 2 amide bonds. The molecule has 0 unspecified atom stereocenters. The van der Waals surface area contributed by atoms with Gasteiger partial charge in [-0.1, -0.05) is 12.1 Å². The Morgan fingerprint density at radius 1 is 1.12 bits per heavy atom. The van der Waals surface area contributed by atoms with E-state index in [0.29, 0.717) is 18.8 Å². The van der Waals surface area contributed by atoms with Crippen LogP contribution >= 0.6 is 0 Å². The molecule has 1 N–H and O–H groups in total. The number of carbonyl (C=O) groups excluding carboxylic acids is 2. The SMILES string of the molecule is O=C(CC1CC2(C1)CN(C(=O)c1cnc3ccccn13)C2)Nc1cccc(C(F)(F)F)c1. The van der Waals surface area contributed by atoms with Gasteiger partial charge in [0.05, 0.1) is 11.8 Å². The van der Waals surface area contributed by atoms with Crippen LogP contribution in [-0.4, -0.2) is 39.2 Å². The zero-order valence-corrected chi connectivity index (χ0v) is 17.1. The van der Waals surface area contributed by atoms with Gasteiger partial charge in [-0.3, -0.25) is 14.0 Å². The summed E-state index contributed by atoms with van der Waals surface area (Å²) in [5, 5.41) is 2.57. The number of pyridine rings is 1. The fourth-order valence-corrected chi connectivity index (χ4v) is 4.97. The van der Waals surface area contributed by atoms with E-state index in [1.165, 1.54) is 12.1 Å². The number of imidazole rings is 1. The molecular formula is C23H21F3N4O2. The molecule has 2 aromatic heterocycles. The van der Waals surface area contributed by atoms with Crippen molar-refractivity contribution in [2.24, 2.45) is 11.3 Å².